The van der Waals surface area contributed by atoms with Gasteiger partial charge in [-0.05, 0) is 6.92 Å². The van der Waals surface area contributed by atoms with Gasteiger partial charge in [0.2, 0.25) is 0 Å². The molecule has 2 atom stereocenters. The second-order valence-electron chi connectivity index (χ2n) is 2.73. The molecule has 1 rings (SSSR count). The largest absolute Gasteiger partial charge is 0.393 e. The Morgan fingerprint density at radius 2 is 2.50 bits per heavy atom. The molecule has 0 aliphatic carbocycles. The molecule has 0 amide bonds. The van der Waals surface area contributed by atoms with Crippen LogP contribution in [0.25, 0.3) is 0 Å². The zero-order valence-corrected chi connectivity index (χ0v) is 6.36. The molecule has 3 heteroatoms. The molecule has 1 aliphatic heterocycles. The fourth-order valence-corrected chi connectivity index (χ4v) is 1.01. The lowest BCUT2D eigenvalue weighted by Crippen LogP contribution is -2.24. The smallest absolute Gasteiger partial charge is 0.281 e. The quantitative estimate of drug-likeness (QED) is 0.535. The Kier molecular flexibility index (Phi) is 2.17. The topological polar surface area (TPSA) is 35.6 Å². The van der Waals surface area contributed by atoms with Gasteiger partial charge in [0.05, 0.1) is 13.2 Å². The van der Waals surface area contributed by atoms with E-state index in [-0.39, 0.29) is 6.10 Å². The van der Waals surface area contributed by atoms with Crippen LogP contribution in [0, 0.1) is 0 Å². The molecule has 1 aliphatic rings. The van der Waals surface area contributed by atoms with Crippen molar-refractivity contribution in [2.75, 3.05) is 7.05 Å². The van der Waals surface area contributed by atoms with E-state index in [0.29, 0.717) is 6.04 Å². The molecule has 0 aromatic carbocycles. The molecule has 1 heterocycles. The van der Waals surface area contributed by atoms with Crippen molar-refractivity contribution in [3.8, 4) is 0 Å². The van der Waals surface area contributed by atoms with E-state index in [4.69, 9.17) is 5.11 Å². The lowest BCUT2D eigenvalue weighted by Gasteiger charge is -2.07. The van der Waals surface area contributed by atoms with Crippen molar-refractivity contribution >= 4 is 12.6 Å². The van der Waals surface area contributed by atoms with Crippen molar-refractivity contribution < 1.29 is 9.68 Å². The molecular weight excluding hydrogens is 128 g/mol. The molecule has 56 valence electrons. The average molecular weight is 141 g/mol. The van der Waals surface area contributed by atoms with Crippen LogP contribution in [0.2, 0.25) is 0 Å². The van der Waals surface area contributed by atoms with Gasteiger partial charge in [0.15, 0.2) is 12.3 Å². The van der Waals surface area contributed by atoms with Crippen LogP contribution in [0.4, 0.5) is 0 Å². The van der Waals surface area contributed by atoms with Gasteiger partial charge in [0, 0.05) is 6.42 Å². The van der Waals surface area contributed by atoms with Crippen LogP contribution >= 0.6 is 0 Å². The van der Waals surface area contributed by atoms with Crippen LogP contribution in [-0.4, -0.2) is 41.4 Å². The molecule has 0 radical (unpaired) electrons. The van der Waals surface area contributed by atoms with Crippen LogP contribution < -0.4 is 0 Å². The molecule has 0 bridgehead atoms. The van der Waals surface area contributed by atoms with E-state index in [1.165, 1.54) is 0 Å². The molecule has 0 saturated heterocycles. The maximum atomic E-state index is 9.03. The van der Waals surface area contributed by atoms with Gasteiger partial charge in [0.1, 0.15) is 0 Å². The van der Waals surface area contributed by atoms with Crippen molar-refractivity contribution in [1.82, 2.24) is 0 Å². The van der Waals surface area contributed by atoms with Gasteiger partial charge in [-0.3, -0.25) is 4.58 Å². The Morgan fingerprint density at radius 1 is 1.80 bits per heavy atom. The van der Waals surface area contributed by atoms with Gasteiger partial charge < -0.3 is 5.11 Å². The number of nitrogens with zero attached hydrogens (tertiary/aromatic N) is 2. The van der Waals surface area contributed by atoms with Gasteiger partial charge in [0.25, 0.3) is 6.34 Å². The van der Waals surface area contributed by atoms with Gasteiger partial charge in [-0.25, -0.2) is 0 Å². The molecule has 0 aromatic heterocycles. The number of hydrogen-bond donors (Lipinski definition) is 1. The fraction of sp³-hybridized carbons (Fsp3) is 0.714. The van der Waals surface area contributed by atoms with Gasteiger partial charge in [-0.15, -0.1) is 0 Å². The van der Waals surface area contributed by atoms with Crippen molar-refractivity contribution in [2.24, 2.45) is 4.99 Å². The molecule has 0 fully saturated rings. The minimum atomic E-state index is -0.245. The molecular formula is C7H13N2O+. The van der Waals surface area contributed by atoms with E-state index < -0.39 is 0 Å². The first kappa shape index (κ1) is 7.41. The third-order valence-corrected chi connectivity index (χ3v) is 1.61. The summed E-state index contributed by atoms with van der Waals surface area (Å²) in [7, 11) is 1.96. The maximum absolute atomic E-state index is 9.03. The van der Waals surface area contributed by atoms with Crippen molar-refractivity contribution in [1.29, 1.82) is 0 Å². The molecule has 3 nitrogen and oxygen atoms in total. The fourth-order valence-electron chi connectivity index (χ4n) is 1.01. The third kappa shape index (κ3) is 1.64. The summed E-state index contributed by atoms with van der Waals surface area (Å²) >= 11 is 0. The summed E-state index contributed by atoms with van der Waals surface area (Å²) in [6.45, 7) is 1.79. The van der Waals surface area contributed by atoms with Crippen molar-refractivity contribution in [2.45, 2.75) is 25.5 Å². The predicted molar refractivity (Wildman–Crippen MR) is 40.8 cm³/mol. The lowest BCUT2D eigenvalue weighted by atomic mass is 10.1. The van der Waals surface area contributed by atoms with Crippen LogP contribution in [-0.2, 0) is 0 Å². The number of aliphatic hydroxyl groups is 1. The standard InChI is InChI=1S/C7H13N2O/c1-6(10)3-7-4-8-5-9(7)2/h4-7,10H,3H2,1-2H3/q+1. The Bertz CT molecular complexity index is 172. The molecule has 0 spiro atoms. The predicted octanol–water partition coefficient (Wildman–Crippen LogP) is -0.119. The highest BCUT2D eigenvalue weighted by atomic mass is 16.3. The summed E-state index contributed by atoms with van der Waals surface area (Å²) in [6, 6.07) is 0.292. The van der Waals surface area contributed by atoms with Gasteiger partial charge in [-0.2, -0.15) is 0 Å². The first-order valence-corrected chi connectivity index (χ1v) is 3.47. The Balaban J connectivity index is 2.43. The van der Waals surface area contributed by atoms with E-state index in [1.54, 1.807) is 13.3 Å². The summed E-state index contributed by atoms with van der Waals surface area (Å²) in [6.07, 6.45) is 4.14. The number of aliphatic imine (C=N–C) groups is 1. The molecule has 1 N–H and O–H groups in total. The summed E-state index contributed by atoms with van der Waals surface area (Å²) in [4.78, 5) is 3.96. The Hall–Kier alpha value is -0.700. The molecule has 0 saturated carbocycles. The SMILES string of the molecule is CC(O)CC1C=NC=[N+]1C. The van der Waals surface area contributed by atoms with Gasteiger partial charge in [-0.1, -0.05) is 4.99 Å². The van der Waals surface area contributed by atoms with Crippen molar-refractivity contribution in [3.63, 3.8) is 0 Å². The number of rotatable bonds is 2. The summed E-state index contributed by atoms with van der Waals surface area (Å²) < 4.78 is 1.99. The summed E-state index contributed by atoms with van der Waals surface area (Å²) in [5.41, 5.74) is 0. The molecule has 0 aromatic rings. The minimum Gasteiger partial charge on any atom is -0.393 e. The Morgan fingerprint density at radius 3 is 2.90 bits per heavy atom. The second-order valence-corrected chi connectivity index (χ2v) is 2.73. The second kappa shape index (κ2) is 2.92. The first-order chi connectivity index (χ1) is 4.70. The normalized spacial score (nSPS) is 26.7. The monoisotopic (exact) mass is 141 g/mol. The molecule has 2 unspecified atom stereocenters. The van der Waals surface area contributed by atoms with E-state index in [1.807, 2.05) is 17.8 Å². The minimum absolute atomic E-state index is 0.245. The van der Waals surface area contributed by atoms with Crippen LogP contribution in [0.5, 0.6) is 0 Å². The summed E-state index contributed by atoms with van der Waals surface area (Å²) in [5, 5.41) is 9.03. The van der Waals surface area contributed by atoms with Gasteiger partial charge >= 0.3 is 0 Å². The number of aliphatic hydroxyl groups excluding tert-OH is 1. The van der Waals surface area contributed by atoms with Crippen LogP contribution in [0.15, 0.2) is 4.99 Å². The maximum Gasteiger partial charge on any atom is 0.281 e. The zero-order valence-electron chi connectivity index (χ0n) is 6.36. The van der Waals surface area contributed by atoms with E-state index >= 15 is 0 Å². The third-order valence-electron chi connectivity index (χ3n) is 1.61. The zero-order chi connectivity index (χ0) is 7.56. The van der Waals surface area contributed by atoms with E-state index in [0.717, 1.165) is 6.42 Å². The van der Waals surface area contributed by atoms with E-state index in [9.17, 15) is 0 Å². The highest BCUT2D eigenvalue weighted by molar-refractivity contribution is 5.76. The first-order valence-electron chi connectivity index (χ1n) is 3.47. The molecule has 10 heavy (non-hydrogen) atoms. The van der Waals surface area contributed by atoms with E-state index in [2.05, 4.69) is 4.99 Å². The Labute approximate surface area is 60.7 Å². The lowest BCUT2D eigenvalue weighted by molar-refractivity contribution is -0.513. The van der Waals surface area contributed by atoms with Crippen LogP contribution in [0.1, 0.15) is 13.3 Å². The average Bonchev–Trinajstić information content (AvgIpc) is 2.15. The summed E-state index contributed by atoms with van der Waals surface area (Å²) in [5.74, 6) is 0. The highest BCUT2D eigenvalue weighted by Crippen LogP contribution is 2.01. The van der Waals surface area contributed by atoms with Crippen LogP contribution in [0.3, 0.4) is 0 Å². The van der Waals surface area contributed by atoms with Crippen molar-refractivity contribution in [3.05, 3.63) is 0 Å². The highest BCUT2D eigenvalue weighted by Gasteiger charge is 2.19. The number of hydrogen-bond acceptors (Lipinski definition) is 2.